The molecule has 0 spiro atoms. The molecular formula is C12H14N2O4. The van der Waals surface area contributed by atoms with E-state index in [9.17, 15) is 14.9 Å². The predicted octanol–water partition coefficient (Wildman–Crippen LogP) is 1.29. The average Bonchev–Trinajstić information content (AvgIpc) is 2.90. The number of ether oxygens (including phenoxy) is 1. The molecule has 6 heteroatoms. The number of benzene rings is 1. The smallest absolute Gasteiger partial charge is 0.310 e. The van der Waals surface area contributed by atoms with Gasteiger partial charge in [-0.05, 0) is 25.5 Å². The third-order valence-corrected chi connectivity index (χ3v) is 2.88. The summed E-state index contributed by atoms with van der Waals surface area (Å²) in [5, 5.41) is 13.8. The van der Waals surface area contributed by atoms with E-state index in [2.05, 4.69) is 5.32 Å². The van der Waals surface area contributed by atoms with Gasteiger partial charge in [0.15, 0.2) is 11.5 Å². The number of hydrogen-bond donors (Lipinski definition) is 1. The van der Waals surface area contributed by atoms with E-state index in [1.165, 1.54) is 12.1 Å². The van der Waals surface area contributed by atoms with Gasteiger partial charge in [-0.1, -0.05) is 12.1 Å². The van der Waals surface area contributed by atoms with Crippen molar-refractivity contribution >= 4 is 11.5 Å². The largest absolute Gasteiger partial charge is 0.479 e. The highest BCUT2D eigenvalue weighted by molar-refractivity contribution is 5.85. The summed E-state index contributed by atoms with van der Waals surface area (Å²) >= 11 is 0. The molecule has 1 fully saturated rings. The van der Waals surface area contributed by atoms with Crippen molar-refractivity contribution in [3.8, 4) is 5.75 Å². The highest BCUT2D eigenvalue weighted by atomic mass is 16.6. The van der Waals surface area contributed by atoms with E-state index in [1.54, 1.807) is 12.1 Å². The molecule has 1 aromatic rings. The molecule has 0 aliphatic carbocycles. The number of carbonyl (C=O) groups is 1. The summed E-state index contributed by atoms with van der Waals surface area (Å²) in [5.74, 6) is 0.0690. The van der Waals surface area contributed by atoms with Crippen LogP contribution in [-0.2, 0) is 4.79 Å². The fraction of sp³-hybridized carbons (Fsp3) is 0.417. The van der Waals surface area contributed by atoms with E-state index < -0.39 is 4.92 Å². The molecule has 1 saturated heterocycles. The van der Waals surface area contributed by atoms with Crippen LogP contribution in [0, 0.1) is 10.1 Å². The summed E-state index contributed by atoms with van der Waals surface area (Å²) < 4.78 is 5.24. The minimum atomic E-state index is -0.520. The number of nitro groups is 1. The van der Waals surface area contributed by atoms with Crippen LogP contribution in [0.5, 0.6) is 5.75 Å². The molecule has 96 valence electrons. The Hall–Kier alpha value is -1.95. The van der Waals surface area contributed by atoms with E-state index >= 15 is 0 Å². The quantitative estimate of drug-likeness (QED) is 0.629. The van der Waals surface area contributed by atoms with Crippen molar-refractivity contribution in [1.82, 2.24) is 5.32 Å². The minimum absolute atomic E-state index is 0.0642. The lowest BCUT2D eigenvalue weighted by atomic mass is 10.1. The Bertz CT molecular complexity index is 455. The summed E-state index contributed by atoms with van der Waals surface area (Å²) in [5.41, 5.74) is -0.121. The van der Waals surface area contributed by atoms with Gasteiger partial charge in [0.05, 0.1) is 11.0 Å². The molecular weight excluding hydrogens is 236 g/mol. The molecule has 6 nitrogen and oxygen atoms in total. The van der Waals surface area contributed by atoms with Gasteiger partial charge in [0, 0.05) is 6.07 Å². The Morgan fingerprint density at radius 1 is 1.50 bits per heavy atom. The molecule has 1 aliphatic rings. The molecule has 18 heavy (non-hydrogen) atoms. The van der Waals surface area contributed by atoms with Gasteiger partial charge < -0.3 is 10.1 Å². The molecule has 1 N–H and O–H groups in total. The zero-order chi connectivity index (χ0) is 13.0. The molecule has 1 atom stereocenters. The van der Waals surface area contributed by atoms with Gasteiger partial charge in [-0.3, -0.25) is 14.9 Å². The number of carbonyl (C=O) groups excluding carboxylic acids is 1. The summed E-state index contributed by atoms with van der Waals surface area (Å²) in [6.45, 7) is 0.699. The van der Waals surface area contributed by atoms with Gasteiger partial charge in [-0.15, -0.1) is 0 Å². The minimum Gasteiger partial charge on any atom is -0.479 e. The van der Waals surface area contributed by atoms with Crippen molar-refractivity contribution in [1.29, 1.82) is 0 Å². The number of para-hydroxylation sites is 2. The number of ketones is 1. The second-order valence-electron chi connectivity index (χ2n) is 4.13. The van der Waals surface area contributed by atoms with Crippen LogP contribution < -0.4 is 10.1 Å². The molecule has 2 rings (SSSR count). The Morgan fingerprint density at radius 3 is 2.94 bits per heavy atom. The molecule has 0 unspecified atom stereocenters. The Morgan fingerprint density at radius 2 is 2.28 bits per heavy atom. The zero-order valence-electron chi connectivity index (χ0n) is 9.80. The molecule has 0 bridgehead atoms. The first-order valence-electron chi connectivity index (χ1n) is 5.81. The van der Waals surface area contributed by atoms with Crippen molar-refractivity contribution in [2.24, 2.45) is 0 Å². The maximum atomic E-state index is 11.7. The lowest BCUT2D eigenvalue weighted by molar-refractivity contribution is -0.385. The van der Waals surface area contributed by atoms with Crippen molar-refractivity contribution in [2.75, 3.05) is 13.2 Å². The standard InChI is InChI=1S/C12H14N2O4/c15-11(9-4-3-7-13-9)8-18-12-6-2-1-5-10(12)14(16)17/h1-2,5-6,9,13H,3-4,7-8H2/t9-/m1/s1. The predicted molar refractivity (Wildman–Crippen MR) is 64.6 cm³/mol. The molecule has 0 radical (unpaired) electrons. The first-order valence-corrected chi connectivity index (χ1v) is 5.81. The molecule has 1 heterocycles. The number of rotatable bonds is 5. The highest BCUT2D eigenvalue weighted by Gasteiger charge is 2.23. The monoisotopic (exact) mass is 250 g/mol. The van der Waals surface area contributed by atoms with Crippen LogP contribution in [0.4, 0.5) is 5.69 Å². The third-order valence-electron chi connectivity index (χ3n) is 2.88. The van der Waals surface area contributed by atoms with E-state index in [4.69, 9.17) is 4.74 Å². The van der Waals surface area contributed by atoms with Crippen LogP contribution in [0.15, 0.2) is 24.3 Å². The highest BCUT2D eigenvalue weighted by Crippen LogP contribution is 2.25. The number of nitro benzene ring substituents is 1. The van der Waals surface area contributed by atoms with Gasteiger partial charge >= 0.3 is 5.69 Å². The van der Waals surface area contributed by atoms with E-state index in [0.717, 1.165) is 19.4 Å². The lowest BCUT2D eigenvalue weighted by Gasteiger charge is -2.10. The molecule has 0 amide bonds. The SMILES string of the molecule is O=C(COc1ccccc1[N+](=O)[O-])[C@H]1CCCN1. The van der Waals surface area contributed by atoms with Crippen molar-refractivity contribution in [2.45, 2.75) is 18.9 Å². The van der Waals surface area contributed by atoms with E-state index in [1.807, 2.05) is 0 Å². The number of Topliss-reactive ketones (excluding diaryl/α,β-unsaturated/α-hetero) is 1. The van der Waals surface area contributed by atoms with Gasteiger partial charge in [-0.25, -0.2) is 0 Å². The first-order chi connectivity index (χ1) is 8.68. The number of nitrogens with zero attached hydrogens (tertiary/aromatic N) is 1. The van der Waals surface area contributed by atoms with Gasteiger partial charge in [0.25, 0.3) is 0 Å². The first kappa shape index (κ1) is 12.5. The molecule has 0 saturated carbocycles. The second kappa shape index (κ2) is 5.59. The van der Waals surface area contributed by atoms with Crippen LogP contribution >= 0.6 is 0 Å². The third kappa shape index (κ3) is 2.84. The van der Waals surface area contributed by atoms with Crippen LogP contribution in [0.3, 0.4) is 0 Å². The zero-order valence-corrected chi connectivity index (χ0v) is 9.80. The summed E-state index contributed by atoms with van der Waals surface area (Å²) in [6, 6.07) is 5.88. The topological polar surface area (TPSA) is 81.5 Å². The average molecular weight is 250 g/mol. The summed E-state index contributed by atoms with van der Waals surface area (Å²) in [4.78, 5) is 22.0. The van der Waals surface area contributed by atoms with Crippen LogP contribution in [0.2, 0.25) is 0 Å². The van der Waals surface area contributed by atoms with Crippen LogP contribution in [-0.4, -0.2) is 29.9 Å². The fourth-order valence-corrected chi connectivity index (χ4v) is 1.94. The maximum absolute atomic E-state index is 11.7. The Labute approximate surface area is 104 Å². The summed E-state index contributed by atoms with van der Waals surface area (Å²) in [7, 11) is 0. The second-order valence-corrected chi connectivity index (χ2v) is 4.13. The maximum Gasteiger partial charge on any atom is 0.310 e. The molecule has 0 aromatic heterocycles. The van der Waals surface area contributed by atoms with Crippen LogP contribution in [0.25, 0.3) is 0 Å². The van der Waals surface area contributed by atoms with Gasteiger partial charge in [0.1, 0.15) is 6.61 Å². The van der Waals surface area contributed by atoms with E-state index in [-0.39, 0.29) is 29.9 Å². The Kier molecular flexibility index (Phi) is 3.88. The van der Waals surface area contributed by atoms with Crippen molar-refractivity contribution in [3.05, 3.63) is 34.4 Å². The number of nitrogens with one attached hydrogen (secondary N) is 1. The number of hydrogen-bond acceptors (Lipinski definition) is 5. The lowest BCUT2D eigenvalue weighted by Crippen LogP contribution is -2.34. The van der Waals surface area contributed by atoms with Crippen molar-refractivity contribution in [3.63, 3.8) is 0 Å². The van der Waals surface area contributed by atoms with E-state index in [0.29, 0.717) is 0 Å². The Balaban J connectivity index is 1.97. The van der Waals surface area contributed by atoms with Gasteiger partial charge in [-0.2, -0.15) is 0 Å². The van der Waals surface area contributed by atoms with Crippen molar-refractivity contribution < 1.29 is 14.5 Å². The fourth-order valence-electron chi connectivity index (χ4n) is 1.94. The normalized spacial score (nSPS) is 18.6. The molecule has 1 aliphatic heterocycles. The summed E-state index contributed by atoms with van der Waals surface area (Å²) in [6.07, 6.45) is 1.78. The van der Waals surface area contributed by atoms with Gasteiger partial charge in [0.2, 0.25) is 0 Å². The van der Waals surface area contributed by atoms with Crippen LogP contribution in [0.1, 0.15) is 12.8 Å². The molecule has 1 aromatic carbocycles.